The summed E-state index contributed by atoms with van der Waals surface area (Å²) < 4.78 is 56.4. The molecule has 2 aromatic carbocycles. The maximum atomic E-state index is 14.2. The molecule has 0 unspecified atom stereocenters. The lowest BCUT2D eigenvalue weighted by Gasteiger charge is -2.22. The Morgan fingerprint density at radius 2 is 1.96 bits per heavy atom. The second-order valence-electron chi connectivity index (χ2n) is 6.17. The van der Waals surface area contributed by atoms with Crippen molar-refractivity contribution >= 4 is 21.7 Å². The van der Waals surface area contributed by atoms with E-state index in [1.54, 1.807) is 6.07 Å². The van der Waals surface area contributed by atoms with E-state index in [0.717, 1.165) is 31.0 Å². The van der Waals surface area contributed by atoms with Crippen LogP contribution in [-0.4, -0.2) is 20.9 Å². The van der Waals surface area contributed by atoms with Gasteiger partial charge >= 0.3 is 0 Å². The molecule has 1 fully saturated rings. The van der Waals surface area contributed by atoms with Crippen molar-refractivity contribution in [1.29, 1.82) is 0 Å². The molecule has 1 aliphatic carbocycles. The molecule has 1 saturated carbocycles. The van der Waals surface area contributed by atoms with Crippen LogP contribution in [0.15, 0.2) is 45.7 Å². The van der Waals surface area contributed by atoms with Gasteiger partial charge < -0.3 is 10.6 Å². The number of hydrogen-bond acceptors (Lipinski definition) is 4. The van der Waals surface area contributed by atoms with Crippen LogP contribution in [0, 0.1) is 17.6 Å². The molecule has 4 rings (SSSR count). The quantitative estimate of drug-likeness (QED) is 0.879. The third-order valence-electron chi connectivity index (χ3n) is 4.23. The number of benzene rings is 2. The zero-order valence-corrected chi connectivity index (χ0v) is 13.9. The summed E-state index contributed by atoms with van der Waals surface area (Å²) in [5.41, 5.74) is 0.446. The van der Waals surface area contributed by atoms with Crippen molar-refractivity contribution in [3.8, 4) is 11.1 Å². The molecule has 0 saturated heterocycles. The van der Waals surface area contributed by atoms with Crippen molar-refractivity contribution in [2.24, 2.45) is 10.3 Å². The lowest BCUT2D eigenvalue weighted by Crippen LogP contribution is -2.36. The number of rotatable bonds is 3. The van der Waals surface area contributed by atoms with Crippen molar-refractivity contribution in [3.63, 3.8) is 0 Å². The van der Waals surface area contributed by atoms with Crippen molar-refractivity contribution in [1.82, 2.24) is 5.32 Å². The minimum Gasteiger partial charge on any atom is -0.355 e. The molecule has 25 heavy (non-hydrogen) atoms. The van der Waals surface area contributed by atoms with Gasteiger partial charge in [-0.1, -0.05) is 12.1 Å². The molecule has 5 nitrogen and oxygen atoms in total. The van der Waals surface area contributed by atoms with Crippen molar-refractivity contribution in [2.75, 3.05) is 11.9 Å². The van der Waals surface area contributed by atoms with Crippen LogP contribution in [-0.2, 0) is 10.0 Å². The molecule has 0 aromatic heterocycles. The topological polar surface area (TPSA) is 70.6 Å². The average molecular weight is 363 g/mol. The molecule has 0 spiro atoms. The van der Waals surface area contributed by atoms with Gasteiger partial charge in [-0.2, -0.15) is 8.42 Å². The molecular weight excluding hydrogens is 348 g/mol. The summed E-state index contributed by atoms with van der Waals surface area (Å²) in [6.07, 6.45) is 2.20. The van der Waals surface area contributed by atoms with E-state index in [0.29, 0.717) is 12.5 Å². The van der Waals surface area contributed by atoms with Gasteiger partial charge in [0.1, 0.15) is 16.5 Å². The molecule has 0 atom stereocenters. The highest BCUT2D eigenvalue weighted by molar-refractivity contribution is 7.90. The standard InChI is InChI=1S/C17H15F2N3O2S/c18-11-6-7-14(19)13(8-11)12-2-1-3-15-16(12)21-17(22-25(15,23)24)20-9-10-4-5-10/h1-3,6-8,10H,4-5,9H2,(H2,20,21,22). The molecule has 0 radical (unpaired) electrons. The lowest BCUT2D eigenvalue weighted by atomic mass is 10.0. The molecule has 1 heterocycles. The molecule has 0 bridgehead atoms. The Kier molecular flexibility index (Phi) is 3.72. The number of hydrogen-bond donors (Lipinski definition) is 2. The Bertz CT molecular complexity index is 985. The first-order valence-corrected chi connectivity index (χ1v) is 9.32. The summed E-state index contributed by atoms with van der Waals surface area (Å²) in [5, 5.41) is 5.90. The lowest BCUT2D eigenvalue weighted by molar-refractivity contribution is 0.597. The van der Waals surface area contributed by atoms with E-state index in [9.17, 15) is 17.2 Å². The number of para-hydroxylation sites is 1. The molecular formula is C17H15F2N3O2S. The molecule has 8 heteroatoms. The Hall–Kier alpha value is -2.48. The highest BCUT2D eigenvalue weighted by Crippen LogP contribution is 2.38. The number of nitrogens with zero attached hydrogens (tertiary/aromatic N) is 1. The fourth-order valence-electron chi connectivity index (χ4n) is 2.75. The monoisotopic (exact) mass is 363 g/mol. The summed E-state index contributed by atoms with van der Waals surface area (Å²) in [5.74, 6) is -0.620. The summed E-state index contributed by atoms with van der Waals surface area (Å²) >= 11 is 0. The number of anilines is 1. The smallest absolute Gasteiger partial charge is 0.287 e. The van der Waals surface area contributed by atoms with Crippen LogP contribution in [0.5, 0.6) is 0 Å². The molecule has 0 amide bonds. The normalized spacial score (nSPS) is 18.1. The van der Waals surface area contributed by atoms with Crippen molar-refractivity contribution in [3.05, 3.63) is 48.0 Å². The van der Waals surface area contributed by atoms with Crippen LogP contribution in [0.25, 0.3) is 11.1 Å². The van der Waals surface area contributed by atoms with Crippen LogP contribution in [0.3, 0.4) is 0 Å². The molecule has 2 N–H and O–H groups in total. The Morgan fingerprint density at radius 1 is 1.16 bits per heavy atom. The maximum Gasteiger partial charge on any atom is 0.287 e. The average Bonchev–Trinajstić information content (AvgIpc) is 3.39. The van der Waals surface area contributed by atoms with Gasteiger partial charge in [-0.3, -0.25) is 0 Å². The van der Waals surface area contributed by atoms with Gasteiger partial charge in [0, 0.05) is 17.7 Å². The Labute approximate surface area is 143 Å². The first-order chi connectivity index (χ1) is 11.9. The van der Waals surface area contributed by atoms with E-state index in [1.807, 2.05) is 0 Å². The number of sulfonamides is 1. The van der Waals surface area contributed by atoms with Gasteiger partial charge in [-0.25, -0.2) is 8.78 Å². The third kappa shape index (κ3) is 3.09. The zero-order valence-electron chi connectivity index (χ0n) is 13.1. The fourth-order valence-corrected chi connectivity index (χ4v) is 3.87. The summed E-state index contributed by atoms with van der Waals surface area (Å²) in [7, 11) is -3.93. The van der Waals surface area contributed by atoms with Crippen LogP contribution in [0.1, 0.15) is 12.8 Å². The van der Waals surface area contributed by atoms with E-state index >= 15 is 0 Å². The van der Waals surface area contributed by atoms with Gasteiger partial charge in [0.05, 0.1) is 5.69 Å². The minimum absolute atomic E-state index is 0.0111. The Balaban J connectivity index is 1.80. The van der Waals surface area contributed by atoms with Crippen molar-refractivity contribution < 1.29 is 17.2 Å². The minimum atomic E-state index is -3.93. The van der Waals surface area contributed by atoms with Crippen LogP contribution >= 0.6 is 0 Å². The van der Waals surface area contributed by atoms with Crippen LogP contribution < -0.4 is 10.6 Å². The summed E-state index contributed by atoms with van der Waals surface area (Å²) in [4.78, 5) is -0.0642. The fraction of sp³-hybridized carbons (Fsp3) is 0.235. The molecule has 1 aliphatic heterocycles. The molecule has 2 aromatic rings. The Morgan fingerprint density at radius 3 is 2.72 bits per heavy atom. The van der Waals surface area contributed by atoms with Gasteiger partial charge in [0.15, 0.2) is 0 Å². The second kappa shape index (κ2) is 5.80. The first kappa shape index (κ1) is 16.0. The number of nitrogens with one attached hydrogen (secondary N) is 2. The predicted molar refractivity (Wildman–Crippen MR) is 90.8 cm³/mol. The zero-order chi connectivity index (χ0) is 17.6. The third-order valence-corrected chi connectivity index (χ3v) is 5.55. The van der Waals surface area contributed by atoms with Gasteiger partial charge in [-0.05, 0) is 43.0 Å². The van der Waals surface area contributed by atoms with Gasteiger partial charge in [0.25, 0.3) is 10.0 Å². The molecule has 2 aliphatic rings. The highest BCUT2D eigenvalue weighted by Gasteiger charge is 2.29. The largest absolute Gasteiger partial charge is 0.355 e. The second-order valence-corrected chi connectivity index (χ2v) is 7.74. The number of guanidine groups is 1. The van der Waals surface area contributed by atoms with Crippen molar-refractivity contribution in [2.45, 2.75) is 17.7 Å². The SMILES string of the molecule is O=S1(=O)N=C(NCC2CC2)Nc2c(-c3cc(F)ccc3F)cccc21. The van der Waals surface area contributed by atoms with E-state index in [4.69, 9.17) is 0 Å². The summed E-state index contributed by atoms with van der Waals surface area (Å²) in [6, 6.07) is 7.49. The predicted octanol–water partition coefficient (Wildman–Crippen LogP) is 3.10. The van der Waals surface area contributed by atoms with Gasteiger partial charge in [0.2, 0.25) is 5.96 Å². The number of halogens is 2. The van der Waals surface area contributed by atoms with E-state index in [-0.39, 0.29) is 27.7 Å². The van der Waals surface area contributed by atoms with Gasteiger partial charge in [-0.15, -0.1) is 4.40 Å². The summed E-state index contributed by atoms with van der Waals surface area (Å²) in [6.45, 7) is 0.618. The first-order valence-electron chi connectivity index (χ1n) is 7.88. The van der Waals surface area contributed by atoms with Crippen LogP contribution in [0.2, 0.25) is 0 Å². The highest BCUT2D eigenvalue weighted by atomic mass is 32.2. The van der Waals surface area contributed by atoms with E-state index < -0.39 is 21.7 Å². The molecule has 130 valence electrons. The van der Waals surface area contributed by atoms with E-state index in [2.05, 4.69) is 15.0 Å². The number of fused-ring (bicyclic) bond motifs is 1. The van der Waals surface area contributed by atoms with E-state index in [1.165, 1.54) is 12.1 Å². The van der Waals surface area contributed by atoms with Crippen LogP contribution in [0.4, 0.5) is 14.5 Å². The maximum absolute atomic E-state index is 14.2.